The molecule has 0 saturated carbocycles. The third-order valence-electron chi connectivity index (χ3n) is 4.55. The molecular formula is C21H21NO2. The van der Waals surface area contributed by atoms with Gasteiger partial charge in [0.15, 0.2) is 11.5 Å². The van der Waals surface area contributed by atoms with E-state index in [1.807, 2.05) is 18.3 Å². The summed E-state index contributed by atoms with van der Waals surface area (Å²) in [5, 5.41) is 2.28. The highest BCUT2D eigenvalue weighted by molar-refractivity contribution is 5.88. The number of aromatic nitrogens is 1. The van der Waals surface area contributed by atoms with Crippen LogP contribution in [0.15, 0.2) is 48.7 Å². The molecule has 0 amide bonds. The van der Waals surface area contributed by atoms with Gasteiger partial charge < -0.3 is 9.47 Å². The van der Waals surface area contributed by atoms with Gasteiger partial charge in [0.25, 0.3) is 0 Å². The van der Waals surface area contributed by atoms with Crippen LogP contribution >= 0.6 is 0 Å². The fourth-order valence-electron chi connectivity index (χ4n) is 3.16. The topological polar surface area (TPSA) is 31.4 Å². The predicted octanol–water partition coefficient (Wildman–Crippen LogP) is 4.90. The van der Waals surface area contributed by atoms with Crippen LogP contribution < -0.4 is 9.47 Å². The summed E-state index contributed by atoms with van der Waals surface area (Å²) < 4.78 is 11.0. The molecule has 1 aliphatic heterocycles. The Hall–Kier alpha value is -2.55. The van der Waals surface area contributed by atoms with Gasteiger partial charge in [-0.3, -0.25) is 4.98 Å². The molecule has 3 nitrogen and oxygen atoms in total. The summed E-state index contributed by atoms with van der Waals surface area (Å²) in [4.78, 5) is 4.60. The van der Waals surface area contributed by atoms with Crippen LogP contribution in [0.25, 0.3) is 10.8 Å². The van der Waals surface area contributed by atoms with Crippen molar-refractivity contribution in [3.63, 3.8) is 0 Å². The van der Waals surface area contributed by atoms with E-state index in [0.29, 0.717) is 6.79 Å². The minimum atomic E-state index is 0.299. The molecule has 1 aromatic heterocycles. The molecule has 0 spiro atoms. The van der Waals surface area contributed by atoms with E-state index < -0.39 is 0 Å². The Labute approximate surface area is 142 Å². The normalized spacial score (nSPS) is 12.7. The molecule has 24 heavy (non-hydrogen) atoms. The average molecular weight is 319 g/mol. The molecule has 0 saturated heterocycles. The maximum absolute atomic E-state index is 5.51. The zero-order valence-electron chi connectivity index (χ0n) is 13.9. The zero-order valence-corrected chi connectivity index (χ0v) is 13.9. The van der Waals surface area contributed by atoms with Gasteiger partial charge in [-0.05, 0) is 47.6 Å². The molecule has 2 aromatic carbocycles. The zero-order chi connectivity index (χ0) is 16.4. The van der Waals surface area contributed by atoms with Crippen LogP contribution in [0.4, 0.5) is 0 Å². The largest absolute Gasteiger partial charge is 0.454 e. The number of pyridine rings is 1. The van der Waals surface area contributed by atoms with E-state index in [9.17, 15) is 0 Å². The van der Waals surface area contributed by atoms with Crippen LogP contribution in [0.3, 0.4) is 0 Å². The second-order valence-electron chi connectivity index (χ2n) is 6.28. The van der Waals surface area contributed by atoms with Crippen LogP contribution in [-0.4, -0.2) is 11.8 Å². The van der Waals surface area contributed by atoms with Crippen LogP contribution in [0.2, 0.25) is 0 Å². The Morgan fingerprint density at radius 1 is 0.958 bits per heavy atom. The van der Waals surface area contributed by atoms with E-state index in [4.69, 9.17) is 9.47 Å². The van der Waals surface area contributed by atoms with Crippen molar-refractivity contribution in [3.8, 4) is 11.5 Å². The summed E-state index contributed by atoms with van der Waals surface area (Å²) in [7, 11) is 0. The number of nitrogens with zero attached hydrogens (tertiary/aromatic N) is 1. The lowest BCUT2D eigenvalue weighted by atomic mass is 10.0. The number of aryl methyl sites for hydroxylation is 1. The van der Waals surface area contributed by atoms with Crippen molar-refractivity contribution >= 4 is 10.8 Å². The van der Waals surface area contributed by atoms with Gasteiger partial charge in [-0.25, -0.2) is 0 Å². The first kappa shape index (κ1) is 15.0. The lowest BCUT2D eigenvalue weighted by Crippen LogP contribution is -1.95. The maximum atomic E-state index is 5.51. The molecule has 1 aliphatic rings. The molecule has 122 valence electrons. The molecule has 0 N–H and O–H groups in total. The smallest absolute Gasteiger partial charge is 0.231 e. The van der Waals surface area contributed by atoms with Gasteiger partial charge in [0.2, 0.25) is 6.79 Å². The van der Waals surface area contributed by atoms with Crippen molar-refractivity contribution in [1.29, 1.82) is 0 Å². The first-order valence-corrected chi connectivity index (χ1v) is 8.58. The third kappa shape index (κ3) is 2.94. The number of hydrogen-bond acceptors (Lipinski definition) is 3. The quantitative estimate of drug-likeness (QED) is 0.670. The van der Waals surface area contributed by atoms with Gasteiger partial charge in [0, 0.05) is 18.0 Å². The predicted molar refractivity (Wildman–Crippen MR) is 95.7 cm³/mol. The molecular weight excluding hydrogens is 298 g/mol. The van der Waals surface area contributed by atoms with Gasteiger partial charge in [0.05, 0.1) is 5.69 Å². The van der Waals surface area contributed by atoms with Crippen LogP contribution in [0.5, 0.6) is 11.5 Å². The Balaban J connectivity index is 1.62. The van der Waals surface area contributed by atoms with Crippen molar-refractivity contribution in [2.24, 2.45) is 0 Å². The number of hydrogen-bond donors (Lipinski definition) is 0. The van der Waals surface area contributed by atoms with Gasteiger partial charge in [0.1, 0.15) is 0 Å². The van der Waals surface area contributed by atoms with Gasteiger partial charge in [-0.15, -0.1) is 0 Å². The minimum Gasteiger partial charge on any atom is -0.454 e. The van der Waals surface area contributed by atoms with Crippen molar-refractivity contribution in [1.82, 2.24) is 4.98 Å². The molecule has 0 atom stereocenters. The molecule has 2 heterocycles. The monoisotopic (exact) mass is 319 g/mol. The number of benzene rings is 2. The van der Waals surface area contributed by atoms with Crippen molar-refractivity contribution in [3.05, 3.63) is 65.5 Å². The molecule has 3 aromatic rings. The summed E-state index contributed by atoms with van der Waals surface area (Å²) >= 11 is 0. The highest BCUT2D eigenvalue weighted by Gasteiger charge is 2.16. The molecule has 3 heteroatoms. The van der Waals surface area contributed by atoms with E-state index >= 15 is 0 Å². The van der Waals surface area contributed by atoms with Crippen LogP contribution in [0, 0.1) is 0 Å². The Morgan fingerprint density at radius 3 is 2.50 bits per heavy atom. The highest BCUT2D eigenvalue weighted by Crippen LogP contribution is 2.37. The van der Waals surface area contributed by atoms with Crippen molar-refractivity contribution < 1.29 is 9.47 Å². The van der Waals surface area contributed by atoms with Crippen LogP contribution in [0.1, 0.15) is 36.6 Å². The Morgan fingerprint density at radius 2 is 1.71 bits per heavy atom. The minimum absolute atomic E-state index is 0.299. The molecule has 0 radical (unpaired) electrons. The van der Waals surface area contributed by atoms with Gasteiger partial charge in [-0.2, -0.15) is 0 Å². The summed E-state index contributed by atoms with van der Waals surface area (Å²) in [6.45, 7) is 2.53. The van der Waals surface area contributed by atoms with Gasteiger partial charge >= 0.3 is 0 Å². The fourth-order valence-corrected chi connectivity index (χ4v) is 3.16. The van der Waals surface area contributed by atoms with E-state index in [1.54, 1.807) is 0 Å². The second-order valence-corrected chi connectivity index (χ2v) is 6.28. The first-order valence-electron chi connectivity index (χ1n) is 8.58. The molecule has 0 unspecified atom stereocenters. The van der Waals surface area contributed by atoms with Crippen molar-refractivity contribution in [2.75, 3.05) is 6.79 Å². The molecule has 0 bridgehead atoms. The van der Waals surface area contributed by atoms with E-state index in [-0.39, 0.29) is 0 Å². The standard InChI is InChI=1S/C21H21NO2/c1-2-3-4-15-5-7-16(8-6-15)11-19-18-13-21-20(23-14-24-21)12-17(18)9-10-22-19/h5-10,12-13H,2-4,11,14H2,1H3. The lowest BCUT2D eigenvalue weighted by Gasteiger charge is -2.08. The van der Waals surface area contributed by atoms with E-state index in [0.717, 1.165) is 40.8 Å². The van der Waals surface area contributed by atoms with E-state index in [1.165, 1.54) is 24.0 Å². The van der Waals surface area contributed by atoms with E-state index in [2.05, 4.69) is 42.2 Å². The SMILES string of the molecule is CCCCc1ccc(Cc2nccc3cc4c(cc23)OCO4)cc1. The summed E-state index contributed by atoms with van der Waals surface area (Å²) in [5.41, 5.74) is 3.77. The molecule has 0 aliphatic carbocycles. The molecule has 0 fully saturated rings. The lowest BCUT2D eigenvalue weighted by molar-refractivity contribution is 0.174. The highest BCUT2D eigenvalue weighted by atomic mass is 16.7. The summed E-state index contributed by atoms with van der Waals surface area (Å²) in [5.74, 6) is 1.63. The van der Waals surface area contributed by atoms with Crippen molar-refractivity contribution in [2.45, 2.75) is 32.6 Å². The fraction of sp³-hybridized carbons (Fsp3) is 0.286. The summed E-state index contributed by atoms with van der Waals surface area (Å²) in [6.07, 6.45) is 6.34. The number of unbranched alkanes of at least 4 members (excludes halogenated alkanes) is 1. The number of ether oxygens (including phenoxy) is 2. The van der Waals surface area contributed by atoms with Crippen LogP contribution in [-0.2, 0) is 12.8 Å². The maximum Gasteiger partial charge on any atom is 0.231 e. The third-order valence-corrected chi connectivity index (χ3v) is 4.55. The Bertz CT molecular complexity index is 856. The number of rotatable bonds is 5. The molecule has 4 rings (SSSR count). The first-order chi connectivity index (χ1) is 11.8. The second kappa shape index (κ2) is 6.52. The number of fused-ring (bicyclic) bond motifs is 2. The average Bonchev–Trinajstić information content (AvgIpc) is 3.07. The van der Waals surface area contributed by atoms with Gasteiger partial charge in [-0.1, -0.05) is 37.6 Å². The summed E-state index contributed by atoms with van der Waals surface area (Å²) in [6, 6.07) is 15.0. The Kier molecular flexibility index (Phi) is 4.08.